The van der Waals surface area contributed by atoms with Crippen LogP contribution in [-0.4, -0.2) is 32.5 Å². The van der Waals surface area contributed by atoms with Gasteiger partial charge in [0.15, 0.2) is 0 Å². The molecule has 0 saturated heterocycles. The van der Waals surface area contributed by atoms with Gasteiger partial charge in [-0.2, -0.15) is 0 Å². The van der Waals surface area contributed by atoms with Crippen molar-refractivity contribution in [3.05, 3.63) is 48.2 Å². The molecule has 1 fully saturated rings. The Bertz CT molecular complexity index is 788. The van der Waals surface area contributed by atoms with E-state index in [9.17, 15) is 0 Å². The fourth-order valence-electron chi connectivity index (χ4n) is 3.19. The van der Waals surface area contributed by atoms with Gasteiger partial charge in [0.25, 0.3) is 0 Å². The lowest BCUT2D eigenvalue weighted by Crippen LogP contribution is -2.35. The number of hydrogen-bond donors (Lipinski definition) is 3. The molecule has 6 heteroatoms. The molecular weight excluding hydrogens is 300 g/mol. The highest BCUT2D eigenvalue weighted by molar-refractivity contribution is 5.74. The molecule has 0 amide bonds. The highest BCUT2D eigenvalue weighted by atomic mass is 15.0. The number of hydrogen-bond acceptors (Lipinski definition) is 5. The minimum Gasteiger partial charge on any atom is -0.370 e. The number of nitrogens with one attached hydrogen (secondary N) is 2. The third kappa shape index (κ3) is 3.23. The fraction of sp³-hybridized carbons (Fsp3) is 0.389. The summed E-state index contributed by atoms with van der Waals surface area (Å²) in [5.41, 5.74) is 9.09. The van der Waals surface area contributed by atoms with Gasteiger partial charge in [-0.1, -0.05) is 12.1 Å². The number of H-pyrrole nitrogens is 1. The SMILES string of the molecule is NC1CC(c2cc(NCCCc3nc4ccccc4[nH]3)ncn2)C1. The molecule has 1 saturated carbocycles. The topological polar surface area (TPSA) is 92.5 Å². The lowest BCUT2D eigenvalue weighted by atomic mass is 9.79. The number of para-hydroxylation sites is 2. The van der Waals surface area contributed by atoms with Gasteiger partial charge in [0.2, 0.25) is 0 Å². The fourth-order valence-corrected chi connectivity index (χ4v) is 3.19. The van der Waals surface area contributed by atoms with Gasteiger partial charge in [-0.15, -0.1) is 0 Å². The maximum atomic E-state index is 5.86. The van der Waals surface area contributed by atoms with Crippen molar-refractivity contribution in [3.63, 3.8) is 0 Å². The Balaban J connectivity index is 1.28. The van der Waals surface area contributed by atoms with E-state index in [1.165, 1.54) is 0 Å². The number of nitrogens with zero attached hydrogens (tertiary/aromatic N) is 3. The zero-order valence-electron chi connectivity index (χ0n) is 13.6. The van der Waals surface area contributed by atoms with Crippen LogP contribution in [0.2, 0.25) is 0 Å². The van der Waals surface area contributed by atoms with Gasteiger partial charge >= 0.3 is 0 Å². The maximum absolute atomic E-state index is 5.86. The maximum Gasteiger partial charge on any atom is 0.129 e. The van der Waals surface area contributed by atoms with E-state index in [0.717, 1.165) is 60.6 Å². The Hall–Kier alpha value is -2.47. The number of rotatable bonds is 6. The van der Waals surface area contributed by atoms with Crippen molar-refractivity contribution in [1.82, 2.24) is 19.9 Å². The van der Waals surface area contributed by atoms with Crippen molar-refractivity contribution in [2.24, 2.45) is 5.73 Å². The predicted octanol–water partition coefficient (Wildman–Crippen LogP) is 2.60. The highest BCUT2D eigenvalue weighted by Gasteiger charge is 2.28. The van der Waals surface area contributed by atoms with Crippen LogP contribution in [0.5, 0.6) is 0 Å². The first-order chi connectivity index (χ1) is 11.8. The molecule has 3 aromatic rings. The Morgan fingerprint density at radius 1 is 1.21 bits per heavy atom. The van der Waals surface area contributed by atoms with Crippen LogP contribution in [-0.2, 0) is 6.42 Å². The molecule has 1 aromatic carbocycles. The van der Waals surface area contributed by atoms with Crippen LogP contribution >= 0.6 is 0 Å². The summed E-state index contributed by atoms with van der Waals surface area (Å²) in [6.07, 6.45) is 5.61. The van der Waals surface area contributed by atoms with Crippen molar-refractivity contribution >= 4 is 16.9 Å². The van der Waals surface area contributed by atoms with E-state index in [0.29, 0.717) is 12.0 Å². The Morgan fingerprint density at radius 3 is 2.92 bits per heavy atom. The van der Waals surface area contributed by atoms with Crippen LogP contribution < -0.4 is 11.1 Å². The van der Waals surface area contributed by atoms with E-state index in [1.807, 2.05) is 18.2 Å². The molecule has 0 atom stereocenters. The smallest absolute Gasteiger partial charge is 0.129 e. The second kappa shape index (κ2) is 6.57. The van der Waals surface area contributed by atoms with Gasteiger partial charge in [-0.3, -0.25) is 0 Å². The number of benzene rings is 1. The van der Waals surface area contributed by atoms with Crippen LogP contribution in [0.1, 0.15) is 36.7 Å². The van der Waals surface area contributed by atoms with Crippen LogP contribution in [0.15, 0.2) is 36.7 Å². The molecule has 0 spiro atoms. The summed E-state index contributed by atoms with van der Waals surface area (Å²) in [6, 6.07) is 10.5. The number of aryl methyl sites for hydroxylation is 1. The lowest BCUT2D eigenvalue weighted by molar-refractivity contribution is 0.345. The van der Waals surface area contributed by atoms with Crippen molar-refractivity contribution < 1.29 is 0 Å². The first-order valence-corrected chi connectivity index (χ1v) is 8.53. The summed E-state index contributed by atoms with van der Waals surface area (Å²) in [5.74, 6) is 2.43. The molecular formula is C18H22N6. The molecule has 4 rings (SSSR count). The second-order valence-corrected chi connectivity index (χ2v) is 6.49. The van der Waals surface area contributed by atoms with Crippen LogP contribution in [0.3, 0.4) is 0 Å². The summed E-state index contributed by atoms with van der Waals surface area (Å²) in [4.78, 5) is 16.6. The molecule has 1 aliphatic rings. The quantitative estimate of drug-likeness (QED) is 0.607. The molecule has 24 heavy (non-hydrogen) atoms. The number of aromatic nitrogens is 4. The number of anilines is 1. The number of nitrogens with two attached hydrogens (primary N) is 1. The Kier molecular flexibility index (Phi) is 4.13. The van der Waals surface area contributed by atoms with E-state index < -0.39 is 0 Å². The van der Waals surface area contributed by atoms with Gasteiger partial charge < -0.3 is 16.0 Å². The van der Waals surface area contributed by atoms with E-state index in [4.69, 9.17) is 5.73 Å². The van der Waals surface area contributed by atoms with Gasteiger partial charge in [0.1, 0.15) is 18.0 Å². The predicted molar refractivity (Wildman–Crippen MR) is 94.9 cm³/mol. The summed E-state index contributed by atoms with van der Waals surface area (Å²) >= 11 is 0. The molecule has 1 aliphatic carbocycles. The summed E-state index contributed by atoms with van der Waals surface area (Å²) in [7, 11) is 0. The number of aromatic amines is 1. The molecule has 2 aromatic heterocycles. The van der Waals surface area contributed by atoms with Crippen LogP contribution in [0.4, 0.5) is 5.82 Å². The zero-order valence-corrected chi connectivity index (χ0v) is 13.6. The number of imidazole rings is 1. The Morgan fingerprint density at radius 2 is 2.08 bits per heavy atom. The minimum absolute atomic E-state index is 0.338. The standard InChI is InChI=1S/C18H22N6/c19-13-8-12(9-13)16-10-18(22-11-21-16)20-7-3-6-17-23-14-4-1-2-5-15(14)24-17/h1-2,4-5,10-13H,3,6-9,19H2,(H,23,24)(H,20,21,22). The lowest BCUT2D eigenvalue weighted by Gasteiger charge is -2.31. The van der Waals surface area contributed by atoms with Gasteiger partial charge in [0, 0.05) is 36.7 Å². The zero-order chi connectivity index (χ0) is 16.4. The van der Waals surface area contributed by atoms with Crippen LogP contribution in [0.25, 0.3) is 11.0 Å². The normalized spacial score (nSPS) is 20.0. The molecule has 124 valence electrons. The monoisotopic (exact) mass is 322 g/mol. The van der Waals surface area contributed by atoms with Crippen molar-refractivity contribution in [2.75, 3.05) is 11.9 Å². The number of fused-ring (bicyclic) bond motifs is 1. The third-order valence-corrected chi connectivity index (χ3v) is 4.62. The first kappa shape index (κ1) is 15.1. The summed E-state index contributed by atoms with van der Waals surface area (Å²) in [6.45, 7) is 0.859. The second-order valence-electron chi connectivity index (χ2n) is 6.49. The summed E-state index contributed by atoms with van der Waals surface area (Å²) < 4.78 is 0. The largest absolute Gasteiger partial charge is 0.370 e. The van der Waals surface area contributed by atoms with Gasteiger partial charge in [-0.25, -0.2) is 15.0 Å². The Labute approximate surface area is 140 Å². The third-order valence-electron chi connectivity index (χ3n) is 4.62. The minimum atomic E-state index is 0.338. The van der Waals surface area contributed by atoms with Crippen molar-refractivity contribution in [2.45, 2.75) is 37.6 Å². The van der Waals surface area contributed by atoms with E-state index in [2.05, 4.69) is 37.4 Å². The molecule has 6 nitrogen and oxygen atoms in total. The van der Waals surface area contributed by atoms with E-state index in [1.54, 1.807) is 6.33 Å². The van der Waals surface area contributed by atoms with E-state index in [-0.39, 0.29) is 0 Å². The van der Waals surface area contributed by atoms with Crippen LogP contribution in [0, 0.1) is 0 Å². The van der Waals surface area contributed by atoms with Gasteiger partial charge in [-0.05, 0) is 31.4 Å². The molecule has 0 bridgehead atoms. The first-order valence-electron chi connectivity index (χ1n) is 8.53. The average Bonchev–Trinajstić information content (AvgIpc) is 2.99. The average molecular weight is 322 g/mol. The molecule has 0 aliphatic heterocycles. The molecule has 0 radical (unpaired) electrons. The van der Waals surface area contributed by atoms with Crippen molar-refractivity contribution in [3.8, 4) is 0 Å². The van der Waals surface area contributed by atoms with E-state index >= 15 is 0 Å². The van der Waals surface area contributed by atoms with Crippen molar-refractivity contribution in [1.29, 1.82) is 0 Å². The van der Waals surface area contributed by atoms with Gasteiger partial charge in [0.05, 0.1) is 11.0 Å². The summed E-state index contributed by atoms with van der Waals surface area (Å²) in [5, 5.41) is 3.38. The molecule has 4 N–H and O–H groups in total. The highest BCUT2D eigenvalue weighted by Crippen LogP contribution is 2.34. The molecule has 2 heterocycles. The molecule has 0 unspecified atom stereocenters.